The van der Waals surface area contributed by atoms with Crippen molar-refractivity contribution >= 4 is 27.6 Å². The van der Waals surface area contributed by atoms with Crippen LogP contribution >= 0.6 is 0 Å². The number of hydrogen-bond donors (Lipinski definition) is 2. The van der Waals surface area contributed by atoms with E-state index in [0.717, 1.165) is 53.1 Å². The lowest BCUT2D eigenvalue weighted by atomic mass is 9.99. The van der Waals surface area contributed by atoms with Crippen molar-refractivity contribution in [3.63, 3.8) is 0 Å². The van der Waals surface area contributed by atoms with Crippen LogP contribution in [0.4, 0.5) is 5.82 Å². The first-order valence-corrected chi connectivity index (χ1v) is 10.3. The van der Waals surface area contributed by atoms with E-state index < -0.39 is 0 Å². The van der Waals surface area contributed by atoms with E-state index in [1.54, 1.807) is 0 Å². The Bertz CT molecular complexity index is 1150. The molecule has 4 aromatic rings. The normalized spacial score (nSPS) is 12.5. The van der Waals surface area contributed by atoms with E-state index in [9.17, 15) is 5.11 Å². The van der Waals surface area contributed by atoms with Crippen LogP contribution in [0.15, 0.2) is 54.7 Å². The van der Waals surface area contributed by atoms with Crippen LogP contribution in [0.3, 0.4) is 0 Å². The highest BCUT2D eigenvalue weighted by Gasteiger charge is 2.10. The first kappa shape index (κ1) is 19.3. The van der Waals surface area contributed by atoms with Crippen molar-refractivity contribution < 1.29 is 5.11 Å². The molecule has 0 spiro atoms. The molecular weight excluding hydrogens is 358 g/mol. The van der Waals surface area contributed by atoms with Gasteiger partial charge in [0.2, 0.25) is 0 Å². The molecular formula is C25H27N3O. The van der Waals surface area contributed by atoms with E-state index in [4.69, 9.17) is 5.73 Å². The summed E-state index contributed by atoms with van der Waals surface area (Å²) < 4.78 is 0. The summed E-state index contributed by atoms with van der Waals surface area (Å²) in [7, 11) is 0. The second-order valence-corrected chi connectivity index (χ2v) is 7.80. The van der Waals surface area contributed by atoms with E-state index in [1.165, 1.54) is 16.7 Å². The van der Waals surface area contributed by atoms with Crippen molar-refractivity contribution in [3.8, 4) is 0 Å². The van der Waals surface area contributed by atoms with Crippen molar-refractivity contribution in [2.45, 2.75) is 45.6 Å². The average molecular weight is 386 g/mol. The van der Waals surface area contributed by atoms with Gasteiger partial charge in [0.1, 0.15) is 5.52 Å². The van der Waals surface area contributed by atoms with Gasteiger partial charge in [-0.2, -0.15) is 0 Å². The van der Waals surface area contributed by atoms with E-state index in [2.05, 4.69) is 60.2 Å². The Labute approximate surface area is 171 Å². The minimum absolute atomic E-state index is 0.366. The lowest BCUT2D eigenvalue weighted by molar-refractivity contribution is 0.166. The molecule has 4 rings (SSSR count). The molecule has 3 N–H and O–H groups in total. The second-order valence-electron chi connectivity index (χ2n) is 7.80. The molecule has 2 heterocycles. The number of aryl methyl sites for hydroxylation is 3. The number of anilines is 1. The van der Waals surface area contributed by atoms with Gasteiger partial charge in [-0.05, 0) is 60.6 Å². The number of aliphatic hydroxyl groups is 1. The SMILES string of the molecule is CCCC(O)c1ccc(CCc2cnc3c(N)nc4cc(C)ccc4c3c2)cc1. The molecule has 1 atom stereocenters. The van der Waals surface area contributed by atoms with Crippen molar-refractivity contribution in [1.82, 2.24) is 9.97 Å². The Morgan fingerprint density at radius 3 is 2.48 bits per heavy atom. The minimum Gasteiger partial charge on any atom is -0.388 e. The fourth-order valence-electron chi connectivity index (χ4n) is 3.83. The number of nitrogens with zero attached hydrogens (tertiary/aromatic N) is 2. The third-order valence-corrected chi connectivity index (χ3v) is 5.50. The van der Waals surface area contributed by atoms with Crippen LogP contribution in [0.1, 0.15) is 48.1 Å². The monoisotopic (exact) mass is 385 g/mol. The summed E-state index contributed by atoms with van der Waals surface area (Å²) >= 11 is 0. The lowest BCUT2D eigenvalue weighted by Gasteiger charge is -2.11. The summed E-state index contributed by atoms with van der Waals surface area (Å²) in [5.74, 6) is 0.478. The van der Waals surface area contributed by atoms with Gasteiger partial charge in [0.15, 0.2) is 5.82 Å². The summed E-state index contributed by atoms with van der Waals surface area (Å²) in [6.45, 7) is 4.14. The third kappa shape index (κ3) is 4.08. The molecule has 4 heteroatoms. The molecule has 0 aliphatic rings. The maximum Gasteiger partial charge on any atom is 0.150 e. The largest absolute Gasteiger partial charge is 0.388 e. The number of aromatic nitrogens is 2. The number of fused-ring (bicyclic) bond motifs is 3. The predicted molar refractivity (Wildman–Crippen MR) is 120 cm³/mol. The molecule has 0 radical (unpaired) electrons. The zero-order valence-electron chi connectivity index (χ0n) is 17.0. The Kier molecular flexibility index (Phi) is 5.45. The van der Waals surface area contributed by atoms with Gasteiger partial charge in [-0.3, -0.25) is 4.98 Å². The molecule has 2 aromatic carbocycles. The number of rotatable bonds is 6. The Morgan fingerprint density at radius 1 is 0.966 bits per heavy atom. The molecule has 2 aromatic heterocycles. The highest BCUT2D eigenvalue weighted by atomic mass is 16.3. The van der Waals surface area contributed by atoms with Gasteiger partial charge in [0, 0.05) is 17.0 Å². The third-order valence-electron chi connectivity index (χ3n) is 5.50. The number of nitrogens with two attached hydrogens (primary N) is 1. The second kappa shape index (κ2) is 8.18. The molecule has 0 amide bonds. The number of benzene rings is 2. The average Bonchev–Trinajstić information content (AvgIpc) is 2.72. The topological polar surface area (TPSA) is 72.0 Å². The van der Waals surface area contributed by atoms with Crippen LogP contribution in [0.5, 0.6) is 0 Å². The van der Waals surface area contributed by atoms with Crippen molar-refractivity contribution in [2.24, 2.45) is 0 Å². The fraction of sp³-hybridized carbons (Fsp3) is 0.280. The first-order chi connectivity index (χ1) is 14.0. The molecule has 0 saturated carbocycles. The zero-order chi connectivity index (χ0) is 20.4. The number of aliphatic hydroxyl groups excluding tert-OH is 1. The maximum atomic E-state index is 10.1. The van der Waals surface area contributed by atoms with Crippen molar-refractivity contribution in [2.75, 3.05) is 5.73 Å². The first-order valence-electron chi connectivity index (χ1n) is 10.3. The Hall–Kier alpha value is -2.98. The molecule has 148 valence electrons. The smallest absolute Gasteiger partial charge is 0.150 e. The predicted octanol–water partition coefficient (Wildman–Crippen LogP) is 5.29. The summed E-state index contributed by atoms with van der Waals surface area (Å²) in [5.41, 5.74) is 12.4. The molecule has 0 bridgehead atoms. The van der Waals surface area contributed by atoms with Crippen LogP contribution in [0.25, 0.3) is 21.8 Å². The van der Waals surface area contributed by atoms with Crippen LogP contribution in [0.2, 0.25) is 0 Å². The highest BCUT2D eigenvalue weighted by Crippen LogP contribution is 2.28. The van der Waals surface area contributed by atoms with Gasteiger partial charge in [0.05, 0.1) is 11.6 Å². The van der Waals surface area contributed by atoms with Gasteiger partial charge in [-0.1, -0.05) is 49.7 Å². The van der Waals surface area contributed by atoms with Gasteiger partial charge in [-0.15, -0.1) is 0 Å². The van der Waals surface area contributed by atoms with Gasteiger partial charge in [-0.25, -0.2) is 4.98 Å². The fourth-order valence-corrected chi connectivity index (χ4v) is 3.83. The maximum absolute atomic E-state index is 10.1. The van der Waals surface area contributed by atoms with Crippen LogP contribution in [-0.4, -0.2) is 15.1 Å². The molecule has 0 saturated heterocycles. The van der Waals surface area contributed by atoms with E-state index in [1.807, 2.05) is 18.3 Å². The molecule has 29 heavy (non-hydrogen) atoms. The van der Waals surface area contributed by atoms with E-state index in [0.29, 0.717) is 5.82 Å². The zero-order valence-corrected chi connectivity index (χ0v) is 17.0. The Morgan fingerprint density at radius 2 is 1.72 bits per heavy atom. The van der Waals surface area contributed by atoms with Crippen molar-refractivity contribution in [1.29, 1.82) is 0 Å². The summed E-state index contributed by atoms with van der Waals surface area (Å²) in [5, 5.41) is 12.3. The quantitative estimate of drug-likeness (QED) is 0.442. The lowest BCUT2D eigenvalue weighted by Crippen LogP contribution is -1.99. The van der Waals surface area contributed by atoms with Crippen molar-refractivity contribution in [3.05, 3.63) is 77.0 Å². The Balaban J connectivity index is 1.58. The summed E-state index contributed by atoms with van der Waals surface area (Å²) in [6, 6.07) is 16.8. The standard InChI is InChI=1S/C25H27N3O/c1-3-4-23(29)19-10-8-17(9-11-19)6-7-18-14-21-20-12-5-16(2)13-22(20)28-25(26)24(21)27-15-18/h5,8-15,23,29H,3-4,6-7H2,1-2H3,(H2,26,28). The number of hydrogen-bond acceptors (Lipinski definition) is 4. The van der Waals surface area contributed by atoms with Gasteiger partial charge < -0.3 is 10.8 Å². The van der Waals surface area contributed by atoms with Gasteiger partial charge in [0.25, 0.3) is 0 Å². The molecule has 0 aliphatic heterocycles. The van der Waals surface area contributed by atoms with E-state index in [-0.39, 0.29) is 6.10 Å². The van der Waals surface area contributed by atoms with Gasteiger partial charge >= 0.3 is 0 Å². The number of pyridine rings is 2. The summed E-state index contributed by atoms with van der Waals surface area (Å²) in [4.78, 5) is 9.12. The number of nitrogen functional groups attached to an aromatic ring is 1. The molecule has 0 fully saturated rings. The summed E-state index contributed by atoms with van der Waals surface area (Å²) in [6.07, 6.45) is 5.14. The van der Waals surface area contributed by atoms with Crippen LogP contribution in [-0.2, 0) is 12.8 Å². The van der Waals surface area contributed by atoms with Crippen LogP contribution in [0, 0.1) is 6.92 Å². The van der Waals surface area contributed by atoms with E-state index >= 15 is 0 Å². The highest BCUT2D eigenvalue weighted by molar-refractivity contribution is 6.08. The van der Waals surface area contributed by atoms with Crippen LogP contribution < -0.4 is 5.73 Å². The minimum atomic E-state index is -0.366. The molecule has 0 aliphatic carbocycles. The molecule has 1 unspecified atom stereocenters. The molecule has 4 nitrogen and oxygen atoms in total.